The SMILES string of the molecule is CC/C=C\C/C=C\C/C=C\C/C=C\C/C=C\C/C=C\CCCCCCCCCCCCCCCCCCCCCCCCC(=O)OC(COC(=O)CCCCCCCCCCCCCCCCCCCCCCCCCCCCCCCCCC)COC(OCC[N+](C)(C)C)C(=O)[O-]. The Balaban J connectivity index is 3.94. The average Bonchev–Trinajstić information content (AvgIpc) is 1.40. The van der Waals surface area contributed by atoms with Gasteiger partial charge >= 0.3 is 11.9 Å². The van der Waals surface area contributed by atoms with Gasteiger partial charge in [-0.1, -0.05) is 414 Å². The number of hydrogen-bond donors (Lipinski definition) is 0. The zero-order valence-corrected chi connectivity index (χ0v) is 65.7. The van der Waals surface area contributed by atoms with Gasteiger partial charge in [0.25, 0.3) is 0 Å². The highest BCUT2D eigenvalue weighted by molar-refractivity contribution is 5.70. The van der Waals surface area contributed by atoms with Crippen LogP contribution in [0.2, 0.25) is 0 Å². The summed E-state index contributed by atoms with van der Waals surface area (Å²) in [5.74, 6) is -2.25. The fourth-order valence-corrected chi connectivity index (χ4v) is 12.8. The van der Waals surface area contributed by atoms with E-state index >= 15 is 0 Å². The van der Waals surface area contributed by atoms with E-state index in [2.05, 4.69) is 86.8 Å². The first-order valence-corrected chi connectivity index (χ1v) is 42.6. The van der Waals surface area contributed by atoms with Crippen LogP contribution in [-0.2, 0) is 33.3 Å². The number of ether oxygens (including phenoxy) is 4. The third kappa shape index (κ3) is 80.0. The molecule has 9 nitrogen and oxygen atoms in total. The van der Waals surface area contributed by atoms with Crippen LogP contribution in [0.1, 0.15) is 418 Å². The van der Waals surface area contributed by atoms with Crippen molar-refractivity contribution in [1.29, 1.82) is 0 Å². The molecule has 2 unspecified atom stereocenters. The van der Waals surface area contributed by atoms with Gasteiger partial charge in [-0.25, -0.2) is 0 Å². The van der Waals surface area contributed by atoms with Crippen LogP contribution in [-0.4, -0.2) is 82.3 Å². The van der Waals surface area contributed by atoms with Gasteiger partial charge in [0.2, 0.25) is 0 Å². The molecule has 0 amide bonds. The molecule has 0 saturated heterocycles. The van der Waals surface area contributed by atoms with E-state index in [4.69, 9.17) is 18.9 Å². The van der Waals surface area contributed by atoms with Crippen LogP contribution in [0.4, 0.5) is 0 Å². The van der Waals surface area contributed by atoms with Gasteiger partial charge < -0.3 is 33.3 Å². The lowest BCUT2D eigenvalue weighted by molar-refractivity contribution is -0.870. The van der Waals surface area contributed by atoms with E-state index in [9.17, 15) is 19.5 Å². The summed E-state index contributed by atoms with van der Waals surface area (Å²) in [5, 5.41) is 11.9. The number of nitrogens with zero attached hydrogens (tertiary/aromatic N) is 1. The van der Waals surface area contributed by atoms with Gasteiger partial charge in [0.05, 0.1) is 40.3 Å². The monoisotopic (exact) mass is 1370 g/mol. The zero-order valence-electron chi connectivity index (χ0n) is 65.7. The Morgan fingerprint density at radius 2 is 0.582 bits per heavy atom. The van der Waals surface area contributed by atoms with Gasteiger partial charge in [0.15, 0.2) is 12.4 Å². The van der Waals surface area contributed by atoms with Crippen molar-refractivity contribution in [2.75, 3.05) is 47.5 Å². The highest BCUT2D eigenvalue weighted by atomic mass is 16.7. The number of hydrogen-bond acceptors (Lipinski definition) is 8. The van der Waals surface area contributed by atoms with E-state index in [1.165, 1.54) is 315 Å². The molecule has 0 spiro atoms. The van der Waals surface area contributed by atoms with E-state index in [1.807, 2.05) is 21.1 Å². The molecule has 572 valence electrons. The molecule has 0 aromatic carbocycles. The van der Waals surface area contributed by atoms with Crippen molar-refractivity contribution >= 4 is 17.9 Å². The van der Waals surface area contributed by atoms with Gasteiger partial charge in [0, 0.05) is 12.8 Å². The molecular formula is C89H163NO8. The second-order valence-corrected chi connectivity index (χ2v) is 30.1. The Morgan fingerprint density at radius 1 is 0.316 bits per heavy atom. The predicted octanol–water partition coefficient (Wildman–Crippen LogP) is 26.2. The molecule has 0 saturated carbocycles. The molecular weight excluding hydrogens is 1210 g/mol. The van der Waals surface area contributed by atoms with Gasteiger partial charge in [-0.15, -0.1) is 0 Å². The largest absolute Gasteiger partial charge is 0.545 e. The summed E-state index contributed by atoms with van der Waals surface area (Å²) in [5.41, 5.74) is 0. The van der Waals surface area contributed by atoms with Crippen molar-refractivity contribution in [3.8, 4) is 0 Å². The summed E-state index contributed by atoms with van der Waals surface area (Å²) in [4.78, 5) is 37.7. The Hall–Kier alpha value is -3.27. The quantitative estimate of drug-likeness (QED) is 0.0195. The van der Waals surface area contributed by atoms with Crippen LogP contribution in [0.5, 0.6) is 0 Å². The van der Waals surface area contributed by atoms with Gasteiger partial charge in [-0.05, 0) is 64.2 Å². The lowest BCUT2D eigenvalue weighted by Gasteiger charge is -2.26. The summed E-state index contributed by atoms with van der Waals surface area (Å²) < 4.78 is 22.9. The molecule has 0 aliphatic heterocycles. The Bertz CT molecular complexity index is 1850. The van der Waals surface area contributed by atoms with E-state index in [0.29, 0.717) is 17.4 Å². The molecule has 98 heavy (non-hydrogen) atoms. The molecule has 0 radical (unpaired) electrons. The highest BCUT2D eigenvalue weighted by Crippen LogP contribution is 2.20. The maximum absolute atomic E-state index is 13.0. The second kappa shape index (κ2) is 79.4. The normalized spacial score (nSPS) is 12.9. The Kier molecular flexibility index (Phi) is 76.8. The van der Waals surface area contributed by atoms with Crippen molar-refractivity contribution in [2.24, 2.45) is 0 Å². The number of allylic oxidation sites excluding steroid dienone is 12. The van der Waals surface area contributed by atoms with Crippen LogP contribution in [0.25, 0.3) is 0 Å². The minimum absolute atomic E-state index is 0.150. The molecule has 0 heterocycles. The van der Waals surface area contributed by atoms with Crippen LogP contribution < -0.4 is 5.11 Å². The summed E-state index contributed by atoms with van der Waals surface area (Å²) in [6, 6.07) is 0. The summed E-state index contributed by atoms with van der Waals surface area (Å²) in [6.45, 7) is 4.71. The van der Waals surface area contributed by atoms with Crippen molar-refractivity contribution < 1.29 is 42.9 Å². The van der Waals surface area contributed by atoms with Crippen LogP contribution in [0.3, 0.4) is 0 Å². The van der Waals surface area contributed by atoms with Crippen molar-refractivity contribution in [3.05, 3.63) is 72.9 Å². The van der Waals surface area contributed by atoms with Crippen LogP contribution >= 0.6 is 0 Å². The van der Waals surface area contributed by atoms with E-state index < -0.39 is 24.3 Å². The first kappa shape index (κ1) is 94.7. The fourth-order valence-electron chi connectivity index (χ4n) is 12.8. The smallest absolute Gasteiger partial charge is 0.306 e. The number of carboxylic acid groups (broad SMARTS) is 1. The van der Waals surface area contributed by atoms with E-state index in [0.717, 1.165) is 77.0 Å². The number of rotatable bonds is 80. The fraction of sp³-hybridized carbons (Fsp3) is 0.831. The Labute approximate surface area is 608 Å². The summed E-state index contributed by atoms with van der Waals surface area (Å²) in [7, 11) is 5.95. The molecule has 0 aromatic heterocycles. The van der Waals surface area contributed by atoms with Crippen LogP contribution in [0.15, 0.2) is 72.9 Å². The number of esters is 2. The lowest BCUT2D eigenvalue weighted by atomic mass is 10.0. The number of carbonyl (C=O) groups excluding carboxylic acids is 3. The molecule has 9 heteroatoms. The topological polar surface area (TPSA) is 111 Å². The number of unbranched alkanes of at least 4 members (excludes halogenated alkanes) is 53. The zero-order chi connectivity index (χ0) is 71.1. The molecule has 0 aliphatic carbocycles. The second-order valence-electron chi connectivity index (χ2n) is 30.1. The first-order chi connectivity index (χ1) is 48.1. The number of quaternary nitrogens is 1. The van der Waals surface area contributed by atoms with Gasteiger partial charge in [-0.2, -0.15) is 0 Å². The number of carbonyl (C=O) groups is 3. The van der Waals surface area contributed by atoms with Gasteiger partial charge in [-0.3, -0.25) is 9.59 Å². The van der Waals surface area contributed by atoms with Crippen molar-refractivity contribution in [1.82, 2.24) is 0 Å². The molecule has 0 fully saturated rings. The molecule has 2 atom stereocenters. The van der Waals surface area contributed by atoms with Gasteiger partial charge in [0.1, 0.15) is 13.2 Å². The van der Waals surface area contributed by atoms with Crippen LogP contribution in [0, 0.1) is 0 Å². The Morgan fingerprint density at radius 3 is 0.867 bits per heavy atom. The van der Waals surface area contributed by atoms with Crippen molar-refractivity contribution in [3.63, 3.8) is 0 Å². The number of aliphatic carboxylic acids is 1. The summed E-state index contributed by atoms with van der Waals surface area (Å²) in [6.07, 6.45) is 105. The molecule has 0 aromatic rings. The predicted molar refractivity (Wildman–Crippen MR) is 421 cm³/mol. The summed E-state index contributed by atoms with van der Waals surface area (Å²) >= 11 is 0. The van der Waals surface area contributed by atoms with Crippen molar-refractivity contribution in [2.45, 2.75) is 431 Å². The van der Waals surface area contributed by atoms with E-state index in [1.54, 1.807) is 0 Å². The number of carboxylic acids is 1. The minimum Gasteiger partial charge on any atom is -0.545 e. The molecule has 0 aliphatic rings. The minimum atomic E-state index is -1.62. The third-order valence-electron chi connectivity index (χ3n) is 19.2. The molecule has 0 N–H and O–H groups in total. The number of likely N-dealkylation sites (N-methyl/N-ethyl adjacent to an activating group) is 1. The third-order valence-corrected chi connectivity index (χ3v) is 19.2. The molecule has 0 rings (SSSR count). The first-order valence-electron chi connectivity index (χ1n) is 42.6. The molecule has 0 bridgehead atoms. The average molecular weight is 1380 g/mol. The maximum atomic E-state index is 13.0. The standard InChI is InChI=1S/C89H163NO8/c1-6-8-10-12-14-16-18-20-22-24-26-28-30-32-34-36-38-40-41-42-43-44-45-46-47-48-50-52-54-56-58-60-62-64-66-68-70-72-74-76-78-80-87(92)98-85(84-97-89(88(93)94)95-82-81-90(3,4)5)83-96-86(91)79-77-75-73-71-69-67-65-63-61-59-57-55-53-51-49-39-37-35-33-31-29-27-25-23-21-19-17-15-13-11-9-7-2/h8,10,14,16,20,22,26,28,32,34,38,40,85,89H,6-7,9,11-13,15,17-19,21,23-25,27,29-31,33,35-37,39,41-84H2,1-5H3/b10-8-,16-14-,22-20-,28-26-,34-32-,40-38-. The highest BCUT2D eigenvalue weighted by Gasteiger charge is 2.22. The lowest BCUT2D eigenvalue weighted by Crippen LogP contribution is -2.44. The van der Waals surface area contributed by atoms with E-state index in [-0.39, 0.29) is 32.2 Å². The maximum Gasteiger partial charge on any atom is 0.306 e.